The predicted molar refractivity (Wildman–Crippen MR) is 110 cm³/mol. The van der Waals surface area contributed by atoms with Crippen molar-refractivity contribution in [2.75, 3.05) is 20.2 Å². The Bertz CT molecular complexity index is 839. The van der Waals surface area contributed by atoms with Crippen LogP contribution in [-0.4, -0.2) is 42.9 Å². The van der Waals surface area contributed by atoms with E-state index < -0.39 is 0 Å². The number of nitrogens with zero attached hydrogens (tertiary/aromatic N) is 2. The maximum atomic E-state index is 12.6. The SMILES string of the molecule is CCNC(=O)N(Cc1cccc(OC)c1)C[C@@H]1CC(c2ccc(Cl)cc2)=NO1. The molecule has 28 heavy (non-hydrogen) atoms. The van der Waals surface area contributed by atoms with Gasteiger partial charge >= 0.3 is 6.03 Å². The molecule has 0 radical (unpaired) electrons. The van der Waals surface area contributed by atoms with Crippen LogP contribution in [-0.2, 0) is 11.4 Å². The van der Waals surface area contributed by atoms with E-state index in [4.69, 9.17) is 21.2 Å². The van der Waals surface area contributed by atoms with Gasteiger partial charge in [-0.25, -0.2) is 4.79 Å². The molecule has 148 valence electrons. The number of amides is 2. The van der Waals surface area contributed by atoms with Crippen LogP contribution in [0.2, 0.25) is 5.02 Å². The fraction of sp³-hybridized carbons (Fsp3) is 0.333. The van der Waals surface area contributed by atoms with Gasteiger partial charge in [0.2, 0.25) is 0 Å². The van der Waals surface area contributed by atoms with Crippen LogP contribution in [0.3, 0.4) is 0 Å². The molecule has 1 N–H and O–H groups in total. The Morgan fingerprint density at radius 3 is 2.82 bits per heavy atom. The lowest BCUT2D eigenvalue weighted by Gasteiger charge is -2.25. The number of urea groups is 1. The molecule has 2 amide bonds. The second kappa shape index (κ2) is 9.46. The third-order valence-corrected chi connectivity index (χ3v) is 4.71. The summed E-state index contributed by atoms with van der Waals surface area (Å²) in [5.41, 5.74) is 2.82. The summed E-state index contributed by atoms with van der Waals surface area (Å²) in [6, 6.07) is 15.1. The maximum absolute atomic E-state index is 12.6. The fourth-order valence-corrected chi connectivity index (χ4v) is 3.18. The second-order valence-corrected chi connectivity index (χ2v) is 6.98. The van der Waals surface area contributed by atoms with Crippen molar-refractivity contribution in [2.45, 2.75) is 26.0 Å². The molecule has 0 saturated heterocycles. The molecular weight excluding hydrogens is 378 g/mol. The number of ether oxygens (including phenoxy) is 1. The first kappa shape index (κ1) is 20.0. The molecule has 7 heteroatoms. The van der Waals surface area contributed by atoms with Crippen molar-refractivity contribution in [2.24, 2.45) is 5.16 Å². The average Bonchev–Trinajstić information content (AvgIpc) is 3.17. The summed E-state index contributed by atoms with van der Waals surface area (Å²) in [5, 5.41) is 7.75. The number of nitrogens with one attached hydrogen (secondary N) is 1. The summed E-state index contributed by atoms with van der Waals surface area (Å²) in [4.78, 5) is 19.9. The van der Waals surface area contributed by atoms with Crippen molar-refractivity contribution in [3.05, 3.63) is 64.7 Å². The molecule has 1 aliphatic rings. The minimum absolute atomic E-state index is 0.131. The summed E-state index contributed by atoms with van der Waals surface area (Å²) in [6.45, 7) is 3.35. The zero-order valence-corrected chi connectivity index (χ0v) is 16.8. The van der Waals surface area contributed by atoms with Crippen LogP contribution in [0.4, 0.5) is 4.79 Å². The summed E-state index contributed by atoms with van der Waals surface area (Å²) < 4.78 is 5.28. The standard InChI is InChI=1S/C21H24ClN3O3/c1-3-23-21(26)25(13-15-5-4-6-18(11-15)27-2)14-19-12-20(24-28-19)16-7-9-17(22)10-8-16/h4-11,19H,3,12-14H2,1-2H3,(H,23,26)/t19-/m0/s1. The molecular formula is C21H24ClN3O3. The highest BCUT2D eigenvalue weighted by Gasteiger charge is 2.26. The van der Waals surface area contributed by atoms with Gasteiger partial charge in [0, 0.05) is 24.5 Å². The lowest BCUT2D eigenvalue weighted by molar-refractivity contribution is 0.0590. The van der Waals surface area contributed by atoms with Gasteiger partial charge in [0.15, 0.2) is 6.10 Å². The van der Waals surface area contributed by atoms with E-state index >= 15 is 0 Å². The van der Waals surface area contributed by atoms with Gasteiger partial charge in [-0.05, 0) is 42.3 Å². The monoisotopic (exact) mass is 401 g/mol. The number of methoxy groups -OCH3 is 1. The average molecular weight is 402 g/mol. The van der Waals surface area contributed by atoms with E-state index in [1.165, 1.54) is 0 Å². The van der Waals surface area contributed by atoms with Gasteiger partial charge < -0.3 is 19.8 Å². The van der Waals surface area contributed by atoms with Gasteiger partial charge in [-0.3, -0.25) is 0 Å². The molecule has 0 fully saturated rings. The van der Waals surface area contributed by atoms with Crippen LogP contribution in [0, 0.1) is 0 Å². The number of carbonyl (C=O) groups excluding carboxylic acids is 1. The van der Waals surface area contributed by atoms with Gasteiger partial charge in [-0.2, -0.15) is 0 Å². The molecule has 0 bridgehead atoms. The largest absolute Gasteiger partial charge is 0.497 e. The van der Waals surface area contributed by atoms with Gasteiger partial charge in [-0.1, -0.05) is 41.0 Å². The van der Waals surface area contributed by atoms with Crippen molar-refractivity contribution in [3.8, 4) is 5.75 Å². The molecule has 0 spiro atoms. The lowest BCUT2D eigenvalue weighted by atomic mass is 10.0. The highest BCUT2D eigenvalue weighted by atomic mass is 35.5. The molecule has 0 aliphatic carbocycles. The van der Waals surface area contributed by atoms with E-state index in [2.05, 4.69) is 10.5 Å². The van der Waals surface area contributed by atoms with Crippen molar-refractivity contribution in [3.63, 3.8) is 0 Å². The topological polar surface area (TPSA) is 63.2 Å². The minimum atomic E-state index is -0.195. The summed E-state index contributed by atoms with van der Waals surface area (Å²) >= 11 is 5.95. The summed E-state index contributed by atoms with van der Waals surface area (Å²) in [5.74, 6) is 0.763. The second-order valence-electron chi connectivity index (χ2n) is 6.54. The van der Waals surface area contributed by atoms with E-state index in [-0.39, 0.29) is 12.1 Å². The summed E-state index contributed by atoms with van der Waals surface area (Å²) in [6.07, 6.45) is 0.439. The first-order valence-electron chi connectivity index (χ1n) is 9.23. The zero-order valence-electron chi connectivity index (χ0n) is 16.0. The first-order valence-corrected chi connectivity index (χ1v) is 9.61. The number of rotatable bonds is 7. The van der Waals surface area contributed by atoms with Gasteiger partial charge in [0.1, 0.15) is 5.75 Å². The van der Waals surface area contributed by atoms with E-state index in [0.29, 0.717) is 31.1 Å². The third-order valence-electron chi connectivity index (χ3n) is 4.46. The molecule has 3 rings (SSSR count). The number of benzene rings is 2. The van der Waals surface area contributed by atoms with Crippen molar-refractivity contribution >= 4 is 23.3 Å². The van der Waals surface area contributed by atoms with Crippen LogP contribution in [0.15, 0.2) is 53.7 Å². The van der Waals surface area contributed by atoms with Crippen LogP contribution in [0.5, 0.6) is 5.75 Å². The van der Waals surface area contributed by atoms with Crippen LogP contribution < -0.4 is 10.1 Å². The van der Waals surface area contributed by atoms with Gasteiger partial charge in [0.25, 0.3) is 0 Å². The Balaban J connectivity index is 1.66. The number of oxime groups is 1. The van der Waals surface area contributed by atoms with E-state index in [0.717, 1.165) is 22.6 Å². The van der Waals surface area contributed by atoms with Crippen molar-refractivity contribution in [1.82, 2.24) is 10.2 Å². The van der Waals surface area contributed by atoms with E-state index in [9.17, 15) is 4.79 Å². The molecule has 2 aromatic carbocycles. The quantitative estimate of drug-likeness (QED) is 0.760. The molecule has 6 nitrogen and oxygen atoms in total. The Morgan fingerprint density at radius 2 is 2.11 bits per heavy atom. The molecule has 1 aliphatic heterocycles. The van der Waals surface area contributed by atoms with Gasteiger partial charge in [-0.15, -0.1) is 0 Å². The highest BCUT2D eigenvalue weighted by Crippen LogP contribution is 2.21. The first-order chi connectivity index (χ1) is 13.6. The number of hydrogen-bond acceptors (Lipinski definition) is 4. The zero-order chi connectivity index (χ0) is 19.9. The predicted octanol–water partition coefficient (Wildman–Crippen LogP) is 4.07. The molecule has 0 unspecified atom stereocenters. The van der Waals surface area contributed by atoms with Crippen LogP contribution in [0.25, 0.3) is 0 Å². The Hall–Kier alpha value is -2.73. The number of carbonyl (C=O) groups is 1. The minimum Gasteiger partial charge on any atom is -0.497 e. The molecule has 1 heterocycles. The Kier molecular flexibility index (Phi) is 6.76. The van der Waals surface area contributed by atoms with Crippen molar-refractivity contribution < 1.29 is 14.4 Å². The number of halogens is 1. The smallest absolute Gasteiger partial charge is 0.317 e. The van der Waals surface area contributed by atoms with Gasteiger partial charge in [0.05, 0.1) is 19.4 Å². The third kappa shape index (κ3) is 5.16. The summed E-state index contributed by atoms with van der Waals surface area (Å²) in [7, 11) is 1.63. The maximum Gasteiger partial charge on any atom is 0.317 e. The normalized spacial score (nSPS) is 15.5. The Morgan fingerprint density at radius 1 is 1.32 bits per heavy atom. The highest BCUT2D eigenvalue weighted by molar-refractivity contribution is 6.30. The Labute approximate surface area is 170 Å². The molecule has 0 aromatic heterocycles. The van der Waals surface area contributed by atoms with Crippen LogP contribution >= 0.6 is 11.6 Å². The van der Waals surface area contributed by atoms with E-state index in [1.54, 1.807) is 12.0 Å². The molecule has 1 atom stereocenters. The molecule has 0 saturated carbocycles. The van der Waals surface area contributed by atoms with E-state index in [1.807, 2.05) is 55.5 Å². The van der Waals surface area contributed by atoms with Crippen LogP contribution in [0.1, 0.15) is 24.5 Å². The molecule has 2 aromatic rings. The fourth-order valence-electron chi connectivity index (χ4n) is 3.06. The lowest BCUT2D eigenvalue weighted by Crippen LogP contribution is -2.43. The van der Waals surface area contributed by atoms with Crippen molar-refractivity contribution in [1.29, 1.82) is 0 Å². The number of hydrogen-bond donors (Lipinski definition) is 1.